The lowest BCUT2D eigenvalue weighted by molar-refractivity contribution is -0.137. The molecule has 1 atom stereocenters. The van der Waals surface area contributed by atoms with E-state index in [9.17, 15) is 9.59 Å². The van der Waals surface area contributed by atoms with Crippen molar-refractivity contribution in [3.05, 3.63) is 55.9 Å². The molecule has 0 aliphatic carbocycles. The van der Waals surface area contributed by atoms with Gasteiger partial charge in [-0.05, 0) is 24.6 Å². The minimum Gasteiger partial charge on any atom is -0.483 e. The first kappa shape index (κ1) is 19.7. The van der Waals surface area contributed by atoms with Gasteiger partial charge in [0.2, 0.25) is 0 Å². The number of carbonyl (C=O) groups is 1. The molecule has 1 aromatic carbocycles. The average Bonchev–Trinajstić information content (AvgIpc) is 2.93. The summed E-state index contributed by atoms with van der Waals surface area (Å²) in [4.78, 5) is 27.0. The van der Waals surface area contributed by atoms with Crippen LogP contribution in [0.5, 0.6) is 5.75 Å². The van der Waals surface area contributed by atoms with Crippen LogP contribution >= 0.6 is 34.5 Å². The average molecular weight is 427 g/mol. The zero-order valence-electron chi connectivity index (χ0n) is 14.3. The third kappa shape index (κ3) is 4.43. The second-order valence-electron chi connectivity index (χ2n) is 5.83. The summed E-state index contributed by atoms with van der Waals surface area (Å²) in [6.45, 7) is 2.06. The highest BCUT2D eigenvalue weighted by atomic mass is 35.5. The van der Waals surface area contributed by atoms with E-state index in [0.717, 1.165) is 17.0 Å². The van der Waals surface area contributed by atoms with Crippen LogP contribution in [0.25, 0.3) is 10.2 Å². The number of hydrogen-bond donors (Lipinski definition) is 1. The molecule has 2 heterocycles. The van der Waals surface area contributed by atoms with E-state index >= 15 is 0 Å². The second kappa shape index (κ2) is 8.29. The number of rotatable bonds is 7. The molecule has 2 aromatic heterocycles. The van der Waals surface area contributed by atoms with Gasteiger partial charge in [0.1, 0.15) is 11.9 Å². The van der Waals surface area contributed by atoms with E-state index in [1.165, 1.54) is 4.57 Å². The number of nitrogens with zero attached hydrogens (tertiary/aromatic N) is 2. The number of hydrogen-bond acceptors (Lipinski definition) is 5. The number of fused-ring (bicyclic) bond motifs is 1. The first-order chi connectivity index (χ1) is 12.9. The number of halogens is 2. The van der Waals surface area contributed by atoms with E-state index in [4.69, 9.17) is 33.0 Å². The minimum absolute atomic E-state index is 0.0942. The van der Waals surface area contributed by atoms with Crippen LogP contribution in [0.2, 0.25) is 10.0 Å². The molecule has 0 bridgehead atoms. The minimum atomic E-state index is -0.964. The zero-order chi connectivity index (χ0) is 19.6. The summed E-state index contributed by atoms with van der Waals surface area (Å²) in [5.41, 5.74) is 1.33. The van der Waals surface area contributed by atoms with Gasteiger partial charge in [0, 0.05) is 18.8 Å². The number of benzene rings is 1. The first-order valence-corrected chi connectivity index (χ1v) is 9.79. The summed E-state index contributed by atoms with van der Waals surface area (Å²) in [6, 6.07) is 6.88. The number of aryl methyl sites for hydroxylation is 1. The first-order valence-electron chi connectivity index (χ1n) is 8.21. The number of carboxylic acid groups (broad SMARTS) is 1. The van der Waals surface area contributed by atoms with Gasteiger partial charge in [0.15, 0.2) is 0 Å². The van der Waals surface area contributed by atoms with Crippen molar-refractivity contribution in [2.45, 2.75) is 32.4 Å². The largest absolute Gasteiger partial charge is 0.483 e. The Morgan fingerprint density at radius 3 is 2.78 bits per heavy atom. The summed E-state index contributed by atoms with van der Waals surface area (Å²) >= 11 is 13.3. The molecule has 3 rings (SSSR count). The van der Waals surface area contributed by atoms with Gasteiger partial charge in [-0.15, -0.1) is 0 Å². The molecular formula is C18H16Cl2N2O4S. The molecule has 6 nitrogen and oxygen atoms in total. The lowest BCUT2D eigenvalue weighted by atomic mass is 10.2. The maximum atomic E-state index is 12.2. The summed E-state index contributed by atoms with van der Waals surface area (Å²) in [5, 5.41) is 9.74. The van der Waals surface area contributed by atoms with Crippen LogP contribution in [0, 0.1) is 0 Å². The van der Waals surface area contributed by atoms with Crippen LogP contribution in [0.4, 0.5) is 0 Å². The predicted octanol–water partition coefficient (Wildman–Crippen LogP) is 4.77. The van der Waals surface area contributed by atoms with E-state index in [2.05, 4.69) is 4.98 Å². The Bertz CT molecular complexity index is 1030. The molecule has 0 spiro atoms. The molecule has 1 N–H and O–H groups in total. The Hall–Kier alpha value is -2.09. The van der Waals surface area contributed by atoms with Crippen molar-refractivity contribution in [1.29, 1.82) is 0 Å². The fourth-order valence-electron chi connectivity index (χ4n) is 2.66. The van der Waals surface area contributed by atoms with E-state index in [1.54, 1.807) is 30.5 Å². The van der Waals surface area contributed by atoms with Crippen molar-refractivity contribution in [3.63, 3.8) is 0 Å². The van der Waals surface area contributed by atoms with Crippen LogP contribution in [0.15, 0.2) is 35.3 Å². The topological polar surface area (TPSA) is 81.4 Å². The lowest BCUT2D eigenvalue weighted by Crippen LogP contribution is -2.15. The molecule has 0 aliphatic rings. The Morgan fingerprint density at radius 1 is 1.37 bits per heavy atom. The van der Waals surface area contributed by atoms with Crippen LogP contribution < -0.4 is 9.61 Å². The molecule has 1 unspecified atom stereocenters. The Morgan fingerprint density at radius 2 is 2.15 bits per heavy atom. The highest BCUT2D eigenvalue weighted by Crippen LogP contribution is 2.35. The third-order valence-electron chi connectivity index (χ3n) is 3.99. The van der Waals surface area contributed by atoms with E-state index in [-0.39, 0.29) is 23.9 Å². The molecule has 0 amide bonds. The van der Waals surface area contributed by atoms with Gasteiger partial charge in [0.25, 0.3) is 0 Å². The smallest absolute Gasteiger partial charge is 0.308 e. The normalized spacial score (nSPS) is 12.3. The number of ether oxygens (including phenoxy) is 1. The quantitative estimate of drug-likeness (QED) is 0.588. The summed E-state index contributed by atoms with van der Waals surface area (Å²) in [5.74, 6) is -0.520. The van der Waals surface area contributed by atoms with Gasteiger partial charge < -0.3 is 9.84 Å². The van der Waals surface area contributed by atoms with Crippen LogP contribution in [0.3, 0.4) is 0 Å². The number of pyridine rings is 1. The van der Waals surface area contributed by atoms with Gasteiger partial charge >= 0.3 is 10.8 Å². The van der Waals surface area contributed by atoms with Gasteiger partial charge in [-0.3, -0.25) is 19.1 Å². The molecule has 3 aromatic rings. The van der Waals surface area contributed by atoms with E-state index in [1.807, 2.05) is 6.92 Å². The monoisotopic (exact) mass is 426 g/mol. The highest BCUT2D eigenvalue weighted by molar-refractivity contribution is 7.16. The van der Waals surface area contributed by atoms with Crippen molar-refractivity contribution in [2.24, 2.45) is 0 Å². The van der Waals surface area contributed by atoms with Crippen LogP contribution in [-0.4, -0.2) is 20.6 Å². The fraction of sp³-hybridized carbons (Fsp3) is 0.278. The van der Waals surface area contributed by atoms with Gasteiger partial charge in [-0.25, -0.2) is 0 Å². The summed E-state index contributed by atoms with van der Waals surface area (Å²) in [7, 11) is 0. The fourth-order valence-corrected chi connectivity index (χ4v) is 3.90. The maximum Gasteiger partial charge on any atom is 0.308 e. The molecule has 0 saturated heterocycles. The molecule has 0 aliphatic heterocycles. The van der Waals surface area contributed by atoms with Gasteiger partial charge in [-0.2, -0.15) is 0 Å². The molecular weight excluding hydrogens is 411 g/mol. The third-order valence-corrected chi connectivity index (χ3v) is 5.45. The highest BCUT2D eigenvalue weighted by Gasteiger charge is 2.17. The van der Waals surface area contributed by atoms with E-state index < -0.39 is 5.97 Å². The van der Waals surface area contributed by atoms with Gasteiger partial charge in [0.05, 0.1) is 32.4 Å². The van der Waals surface area contributed by atoms with Crippen molar-refractivity contribution in [3.8, 4) is 5.75 Å². The van der Waals surface area contributed by atoms with Crippen molar-refractivity contribution < 1.29 is 14.6 Å². The molecule has 142 valence electrons. The summed E-state index contributed by atoms with van der Waals surface area (Å²) in [6.07, 6.45) is 1.77. The van der Waals surface area contributed by atoms with Crippen molar-refractivity contribution >= 4 is 50.7 Å². The van der Waals surface area contributed by atoms with Crippen molar-refractivity contribution in [2.75, 3.05) is 0 Å². The molecule has 27 heavy (non-hydrogen) atoms. The predicted molar refractivity (Wildman–Crippen MR) is 106 cm³/mol. The maximum absolute atomic E-state index is 12.2. The van der Waals surface area contributed by atoms with Crippen molar-refractivity contribution in [1.82, 2.24) is 9.55 Å². The molecule has 9 heteroatoms. The lowest BCUT2D eigenvalue weighted by Gasteiger charge is -2.18. The molecule has 0 saturated carbocycles. The molecule has 0 fully saturated rings. The second-order valence-corrected chi connectivity index (χ2v) is 7.67. The number of thiazole rings is 1. The summed E-state index contributed by atoms with van der Waals surface area (Å²) < 4.78 is 8.14. The van der Waals surface area contributed by atoms with Crippen LogP contribution in [0.1, 0.15) is 31.6 Å². The zero-order valence-corrected chi connectivity index (χ0v) is 16.6. The Labute approximate surface area is 168 Å². The molecule has 0 radical (unpaired) electrons. The van der Waals surface area contributed by atoms with E-state index in [0.29, 0.717) is 32.4 Å². The number of aromatic nitrogens is 2. The Kier molecular flexibility index (Phi) is 6.04. The Balaban J connectivity index is 1.93. The van der Waals surface area contributed by atoms with Crippen LogP contribution in [-0.2, 0) is 11.3 Å². The standard InChI is InChI=1S/C18H16Cl2N2O4S/c1-2-14(12-4-3-10(19)9-21-12)26-15-8-16-13(7-11(15)20)22(18(25)27-16)6-5-17(23)24/h3-4,7-9,14H,2,5-6H2,1H3,(H,23,24). The number of carboxylic acids is 1. The van der Waals surface area contributed by atoms with Gasteiger partial charge in [-0.1, -0.05) is 41.5 Å². The SMILES string of the molecule is CCC(Oc1cc2sc(=O)n(CCC(=O)O)c2cc1Cl)c1ccc(Cl)cn1. The number of aliphatic carboxylic acids is 1.